The molecule has 0 fully saturated rings. The quantitative estimate of drug-likeness (QED) is 0.413. The van der Waals surface area contributed by atoms with Crippen molar-refractivity contribution in [1.29, 1.82) is 0 Å². The van der Waals surface area contributed by atoms with Gasteiger partial charge in [-0.15, -0.1) is 0 Å². The van der Waals surface area contributed by atoms with Gasteiger partial charge in [-0.05, 0) is 68.3 Å². The lowest BCUT2D eigenvalue weighted by Gasteiger charge is -2.32. The van der Waals surface area contributed by atoms with E-state index in [1.54, 1.807) is 56.3 Å². The second kappa shape index (κ2) is 12.4. The van der Waals surface area contributed by atoms with Crippen molar-refractivity contribution in [3.63, 3.8) is 0 Å². The number of carbonyl (C=O) groups is 2. The molecule has 37 heavy (non-hydrogen) atoms. The number of sulfonamides is 1. The zero-order valence-electron chi connectivity index (χ0n) is 21.5. The molecule has 0 aliphatic heterocycles. The van der Waals surface area contributed by atoms with E-state index in [2.05, 4.69) is 5.32 Å². The Morgan fingerprint density at radius 2 is 1.57 bits per heavy atom. The molecule has 0 heterocycles. The van der Waals surface area contributed by atoms with Gasteiger partial charge in [-0.1, -0.05) is 42.5 Å². The lowest BCUT2D eigenvalue weighted by Crippen LogP contribution is -2.51. The summed E-state index contributed by atoms with van der Waals surface area (Å²) in [6.45, 7) is 5.47. The molecule has 3 aromatic carbocycles. The topological polar surface area (TPSA) is 96.0 Å². The van der Waals surface area contributed by atoms with E-state index in [-0.39, 0.29) is 17.3 Å². The summed E-state index contributed by atoms with van der Waals surface area (Å²) in [5.74, 6) is -0.293. The van der Waals surface area contributed by atoms with Crippen molar-refractivity contribution in [1.82, 2.24) is 10.2 Å². The summed E-state index contributed by atoms with van der Waals surface area (Å²) in [5.41, 5.74) is 2.18. The van der Waals surface area contributed by atoms with Gasteiger partial charge in [0.1, 0.15) is 18.3 Å². The predicted molar refractivity (Wildman–Crippen MR) is 144 cm³/mol. The lowest BCUT2D eigenvalue weighted by atomic mass is 10.1. The van der Waals surface area contributed by atoms with E-state index in [4.69, 9.17) is 4.74 Å². The lowest BCUT2D eigenvalue weighted by molar-refractivity contribution is -0.139. The van der Waals surface area contributed by atoms with Crippen LogP contribution in [-0.4, -0.2) is 51.4 Å². The smallest absolute Gasteiger partial charge is 0.264 e. The molecule has 8 nitrogen and oxygen atoms in total. The number of para-hydroxylation sites is 1. The van der Waals surface area contributed by atoms with Gasteiger partial charge >= 0.3 is 0 Å². The summed E-state index contributed by atoms with van der Waals surface area (Å²) in [6, 6.07) is 21.2. The van der Waals surface area contributed by atoms with Crippen LogP contribution in [-0.2, 0) is 26.2 Å². The molecule has 0 aliphatic carbocycles. The Morgan fingerprint density at radius 1 is 0.946 bits per heavy atom. The monoisotopic (exact) mass is 523 g/mol. The van der Waals surface area contributed by atoms with Gasteiger partial charge in [0.25, 0.3) is 10.0 Å². The van der Waals surface area contributed by atoms with E-state index < -0.39 is 28.5 Å². The largest absolute Gasteiger partial charge is 0.497 e. The number of hydrogen-bond acceptors (Lipinski definition) is 5. The summed E-state index contributed by atoms with van der Waals surface area (Å²) in [4.78, 5) is 28.0. The second-order valence-corrected chi connectivity index (χ2v) is 10.4. The third-order valence-corrected chi connectivity index (χ3v) is 7.88. The van der Waals surface area contributed by atoms with Crippen molar-refractivity contribution in [2.24, 2.45) is 0 Å². The Morgan fingerprint density at radius 3 is 2.16 bits per heavy atom. The van der Waals surface area contributed by atoms with E-state index >= 15 is 0 Å². The minimum absolute atomic E-state index is 0.0205. The first kappa shape index (κ1) is 27.7. The molecule has 9 heteroatoms. The Kier molecular flexibility index (Phi) is 9.30. The summed E-state index contributed by atoms with van der Waals surface area (Å²) in [6.07, 6.45) is 0. The van der Waals surface area contributed by atoms with E-state index in [0.717, 1.165) is 15.4 Å². The second-order valence-electron chi connectivity index (χ2n) is 8.54. The molecule has 0 aromatic heterocycles. The number of nitrogens with one attached hydrogen (secondary N) is 1. The van der Waals surface area contributed by atoms with Crippen molar-refractivity contribution < 1.29 is 22.7 Å². The van der Waals surface area contributed by atoms with Gasteiger partial charge in [-0.25, -0.2) is 8.42 Å². The number of amides is 2. The Bertz CT molecular complexity index is 1310. The molecule has 0 radical (unpaired) electrons. The predicted octanol–water partition coefficient (Wildman–Crippen LogP) is 3.75. The number of nitrogens with zero attached hydrogens (tertiary/aromatic N) is 2. The van der Waals surface area contributed by atoms with Gasteiger partial charge in [0.15, 0.2) is 0 Å². The van der Waals surface area contributed by atoms with Gasteiger partial charge < -0.3 is 15.0 Å². The molecule has 0 saturated carbocycles. The molecule has 1 unspecified atom stereocenters. The summed E-state index contributed by atoms with van der Waals surface area (Å²) < 4.78 is 33.7. The summed E-state index contributed by atoms with van der Waals surface area (Å²) >= 11 is 0. The number of hydrogen-bond donors (Lipinski definition) is 1. The normalized spacial score (nSPS) is 11.9. The van der Waals surface area contributed by atoms with Crippen LogP contribution in [0, 0.1) is 6.92 Å². The molecule has 0 spiro atoms. The molecule has 1 N–H and O–H groups in total. The molecule has 0 saturated heterocycles. The van der Waals surface area contributed by atoms with E-state index in [1.807, 2.05) is 31.2 Å². The number of aryl methyl sites for hydroxylation is 1. The van der Waals surface area contributed by atoms with Crippen LogP contribution in [0.25, 0.3) is 0 Å². The number of rotatable bonds is 11. The van der Waals surface area contributed by atoms with Crippen LogP contribution in [0.15, 0.2) is 83.8 Å². The van der Waals surface area contributed by atoms with E-state index in [9.17, 15) is 18.0 Å². The zero-order chi connectivity index (χ0) is 27.0. The fourth-order valence-corrected chi connectivity index (χ4v) is 5.29. The summed E-state index contributed by atoms with van der Waals surface area (Å²) in [5, 5.41) is 2.76. The number of anilines is 1. The third kappa shape index (κ3) is 6.68. The number of ether oxygens (including phenoxy) is 1. The first-order chi connectivity index (χ1) is 17.7. The number of likely N-dealkylation sites (N-methyl/N-ethyl adjacent to an activating group) is 1. The first-order valence-corrected chi connectivity index (χ1v) is 13.5. The van der Waals surface area contributed by atoms with Gasteiger partial charge in [0.05, 0.1) is 17.7 Å². The highest BCUT2D eigenvalue weighted by Gasteiger charge is 2.32. The van der Waals surface area contributed by atoms with E-state index in [0.29, 0.717) is 18.0 Å². The average Bonchev–Trinajstić information content (AvgIpc) is 2.91. The van der Waals surface area contributed by atoms with Crippen molar-refractivity contribution in [3.8, 4) is 5.75 Å². The molecular formula is C28H33N3O5S. The van der Waals surface area contributed by atoms with Crippen LogP contribution in [0.5, 0.6) is 5.75 Å². The SMILES string of the molecule is CCNC(=O)C(C)N(Cc1ccccc1C)C(=O)CN(c1ccccc1)S(=O)(=O)c1ccc(OC)cc1. The molecule has 196 valence electrons. The first-order valence-electron chi connectivity index (χ1n) is 12.0. The zero-order valence-corrected chi connectivity index (χ0v) is 22.4. The van der Waals surface area contributed by atoms with Gasteiger partial charge in [0.2, 0.25) is 11.8 Å². The minimum atomic E-state index is -4.12. The average molecular weight is 524 g/mol. The van der Waals surface area contributed by atoms with Crippen molar-refractivity contribution in [2.45, 2.75) is 38.3 Å². The fourth-order valence-electron chi connectivity index (χ4n) is 3.87. The molecule has 0 bridgehead atoms. The van der Waals surface area contributed by atoms with Gasteiger partial charge in [0, 0.05) is 13.1 Å². The molecule has 3 aromatic rings. The van der Waals surface area contributed by atoms with E-state index in [1.165, 1.54) is 24.1 Å². The number of benzene rings is 3. The summed E-state index contributed by atoms with van der Waals surface area (Å²) in [7, 11) is -2.62. The van der Waals surface area contributed by atoms with Gasteiger partial charge in [-0.3, -0.25) is 13.9 Å². The molecular weight excluding hydrogens is 490 g/mol. The van der Waals surface area contributed by atoms with Crippen LogP contribution in [0.1, 0.15) is 25.0 Å². The minimum Gasteiger partial charge on any atom is -0.497 e. The highest BCUT2D eigenvalue weighted by Crippen LogP contribution is 2.26. The van der Waals surface area contributed by atoms with Crippen molar-refractivity contribution in [2.75, 3.05) is 24.5 Å². The maximum atomic E-state index is 13.8. The van der Waals surface area contributed by atoms with Crippen molar-refractivity contribution in [3.05, 3.63) is 90.0 Å². The van der Waals surface area contributed by atoms with Crippen LogP contribution in [0.4, 0.5) is 5.69 Å². The van der Waals surface area contributed by atoms with Crippen LogP contribution in [0.2, 0.25) is 0 Å². The third-order valence-electron chi connectivity index (χ3n) is 6.09. The van der Waals surface area contributed by atoms with Gasteiger partial charge in [-0.2, -0.15) is 0 Å². The van der Waals surface area contributed by atoms with Crippen molar-refractivity contribution >= 4 is 27.5 Å². The number of carbonyl (C=O) groups excluding carboxylic acids is 2. The molecule has 2 amide bonds. The molecule has 0 aliphatic rings. The Hall–Kier alpha value is -3.85. The Balaban J connectivity index is 2.01. The Labute approximate surface area is 218 Å². The highest BCUT2D eigenvalue weighted by molar-refractivity contribution is 7.92. The fraction of sp³-hybridized carbons (Fsp3) is 0.286. The standard InChI is InChI=1S/C28H33N3O5S/c1-5-29-28(33)22(3)30(19-23-12-10-9-11-21(23)2)27(32)20-31(24-13-7-6-8-14-24)37(34,35)26-17-15-25(36-4)16-18-26/h6-18,22H,5,19-20H2,1-4H3,(H,29,33). The van der Waals surface area contributed by atoms with Crippen LogP contribution < -0.4 is 14.4 Å². The van der Waals surface area contributed by atoms with Crippen LogP contribution in [0.3, 0.4) is 0 Å². The maximum Gasteiger partial charge on any atom is 0.264 e. The highest BCUT2D eigenvalue weighted by atomic mass is 32.2. The molecule has 3 rings (SSSR count). The molecule has 1 atom stereocenters. The number of methoxy groups -OCH3 is 1. The maximum absolute atomic E-state index is 13.8. The van der Waals surface area contributed by atoms with Crippen LogP contribution >= 0.6 is 0 Å².